The molecule has 0 saturated carbocycles. The van der Waals surface area contributed by atoms with E-state index in [-0.39, 0.29) is 0 Å². The van der Waals surface area contributed by atoms with E-state index in [4.69, 9.17) is 0 Å². The molecule has 0 unspecified atom stereocenters. The molecule has 162 valence electrons. The fourth-order valence-electron chi connectivity index (χ4n) is 5.54. The fraction of sp³-hybridized carbons (Fsp3) is 0.161. The van der Waals surface area contributed by atoms with Gasteiger partial charge in [-0.2, -0.15) is 0 Å². The Morgan fingerprint density at radius 3 is 1.88 bits per heavy atom. The van der Waals surface area contributed by atoms with Crippen LogP contribution in [0.15, 0.2) is 78.9 Å². The third kappa shape index (κ3) is 3.08. The van der Waals surface area contributed by atoms with Crippen LogP contribution >= 0.6 is 11.8 Å². The molecule has 0 saturated heterocycles. The molecule has 4 aromatic rings. The van der Waals surface area contributed by atoms with E-state index in [9.17, 15) is 0 Å². The van der Waals surface area contributed by atoms with E-state index in [1.165, 1.54) is 71.9 Å². The van der Waals surface area contributed by atoms with Crippen LogP contribution in [0.2, 0.25) is 0 Å². The highest BCUT2D eigenvalue weighted by Gasteiger charge is 2.34. The second kappa shape index (κ2) is 7.67. The van der Waals surface area contributed by atoms with Crippen molar-refractivity contribution in [1.82, 2.24) is 0 Å². The first-order valence-corrected chi connectivity index (χ1v) is 12.5. The molecule has 2 heteroatoms. The molecule has 2 aliphatic rings. The number of fused-ring (bicyclic) bond motifs is 6. The summed E-state index contributed by atoms with van der Waals surface area (Å²) in [6.07, 6.45) is 0. The van der Waals surface area contributed by atoms with Gasteiger partial charge in [-0.15, -0.1) is 11.8 Å². The van der Waals surface area contributed by atoms with Crippen molar-refractivity contribution in [3.05, 3.63) is 112 Å². The van der Waals surface area contributed by atoms with E-state index in [2.05, 4.69) is 111 Å². The van der Waals surface area contributed by atoms with Crippen LogP contribution in [-0.4, -0.2) is 5.88 Å². The molecule has 0 atom stereocenters. The Labute approximate surface area is 200 Å². The van der Waals surface area contributed by atoms with Crippen molar-refractivity contribution in [3.63, 3.8) is 0 Å². The Balaban J connectivity index is 1.60. The summed E-state index contributed by atoms with van der Waals surface area (Å²) in [6, 6.07) is 29.2. The molecular formula is C31H27NS. The summed E-state index contributed by atoms with van der Waals surface area (Å²) in [5.74, 6) is 0.947. The largest absolute Gasteiger partial charge is 0.329 e. The van der Waals surface area contributed by atoms with Gasteiger partial charge in [0.05, 0.1) is 11.6 Å². The summed E-state index contributed by atoms with van der Waals surface area (Å²) in [6.45, 7) is 8.89. The molecule has 0 aliphatic carbocycles. The predicted octanol–water partition coefficient (Wildman–Crippen LogP) is 8.60. The number of anilines is 1. The van der Waals surface area contributed by atoms with Gasteiger partial charge in [0.1, 0.15) is 0 Å². The number of nitrogens with zero attached hydrogens (tertiary/aromatic N) is 1. The molecule has 0 fully saturated rings. The molecule has 0 spiro atoms. The fourth-order valence-corrected chi connectivity index (χ4v) is 6.89. The van der Waals surface area contributed by atoms with Crippen LogP contribution in [0.25, 0.3) is 32.9 Å². The minimum absolute atomic E-state index is 0.947. The summed E-state index contributed by atoms with van der Waals surface area (Å²) in [7, 11) is 0. The van der Waals surface area contributed by atoms with Crippen LogP contribution in [0.5, 0.6) is 0 Å². The molecule has 0 radical (unpaired) electrons. The first-order valence-electron chi connectivity index (χ1n) is 11.6. The molecule has 1 nitrogen and oxygen atoms in total. The normalized spacial score (nSPS) is 14.2. The van der Waals surface area contributed by atoms with E-state index in [1.807, 2.05) is 11.8 Å². The van der Waals surface area contributed by atoms with E-state index in [0.29, 0.717) is 0 Å². The van der Waals surface area contributed by atoms with Crippen LogP contribution in [-0.2, 0) is 0 Å². The summed E-state index contributed by atoms with van der Waals surface area (Å²) in [4.78, 5) is 3.93. The Morgan fingerprint density at radius 1 is 0.606 bits per heavy atom. The molecule has 0 N–H and O–H groups in total. The van der Waals surface area contributed by atoms with Crippen LogP contribution in [0.1, 0.15) is 33.4 Å². The highest BCUT2D eigenvalue weighted by Crippen LogP contribution is 2.55. The van der Waals surface area contributed by atoms with E-state index < -0.39 is 0 Å². The maximum atomic E-state index is 2.53. The Hall–Kier alpha value is -3.23. The SMILES string of the molecule is Cc1cccc(C)c1C1=C2c3ccccc3-c3cc(-c4c(C)cccc4C)ccc3N2CS1. The van der Waals surface area contributed by atoms with Crippen LogP contribution in [0.3, 0.4) is 0 Å². The molecule has 2 heterocycles. The average Bonchev–Trinajstić information content (AvgIpc) is 3.24. The summed E-state index contributed by atoms with van der Waals surface area (Å²) in [5, 5.41) is 0. The molecular weight excluding hydrogens is 418 g/mol. The van der Waals surface area contributed by atoms with Gasteiger partial charge in [-0.3, -0.25) is 0 Å². The lowest BCUT2D eigenvalue weighted by molar-refractivity contribution is 1.18. The van der Waals surface area contributed by atoms with Crippen molar-refractivity contribution >= 4 is 28.1 Å². The number of rotatable bonds is 2. The van der Waals surface area contributed by atoms with Crippen molar-refractivity contribution in [3.8, 4) is 22.3 Å². The van der Waals surface area contributed by atoms with Crippen LogP contribution in [0.4, 0.5) is 5.69 Å². The first kappa shape index (κ1) is 20.4. The zero-order valence-electron chi connectivity index (χ0n) is 19.6. The molecule has 33 heavy (non-hydrogen) atoms. The summed E-state index contributed by atoms with van der Waals surface area (Å²) < 4.78 is 0. The Kier molecular flexibility index (Phi) is 4.74. The minimum Gasteiger partial charge on any atom is -0.329 e. The number of thioether (sulfide) groups is 1. The van der Waals surface area contributed by atoms with Gasteiger partial charge in [-0.25, -0.2) is 0 Å². The first-order chi connectivity index (χ1) is 16.0. The lowest BCUT2D eigenvalue weighted by atomic mass is 9.86. The van der Waals surface area contributed by atoms with Crippen molar-refractivity contribution in [2.45, 2.75) is 27.7 Å². The maximum Gasteiger partial charge on any atom is 0.0736 e. The van der Waals surface area contributed by atoms with Crippen LogP contribution < -0.4 is 4.90 Å². The lowest BCUT2D eigenvalue weighted by Crippen LogP contribution is -2.21. The van der Waals surface area contributed by atoms with E-state index >= 15 is 0 Å². The monoisotopic (exact) mass is 445 g/mol. The molecule has 6 rings (SSSR count). The van der Waals surface area contributed by atoms with Crippen molar-refractivity contribution in [1.29, 1.82) is 0 Å². The minimum atomic E-state index is 0.947. The summed E-state index contributed by atoms with van der Waals surface area (Å²) in [5.41, 5.74) is 16.1. The average molecular weight is 446 g/mol. The smallest absolute Gasteiger partial charge is 0.0736 e. The molecule has 0 amide bonds. The second-order valence-electron chi connectivity index (χ2n) is 9.19. The third-order valence-corrected chi connectivity index (χ3v) is 8.13. The van der Waals surface area contributed by atoms with Gasteiger partial charge in [-0.1, -0.05) is 66.7 Å². The van der Waals surface area contributed by atoms with Gasteiger partial charge < -0.3 is 4.90 Å². The van der Waals surface area contributed by atoms with Gasteiger partial charge in [0.2, 0.25) is 0 Å². The van der Waals surface area contributed by atoms with Crippen molar-refractivity contribution in [2.24, 2.45) is 0 Å². The van der Waals surface area contributed by atoms with Gasteiger partial charge in [0.15, 0.2) is 0 Å². The van der Waals surface area contributed by atoms with Gasteiger partial charge >= 0.3 is 0 Å². The zero-order chi connectivity index (χ0) is 22.7. The Morgan fingerprint density at radius 2 is 1.21 bits per heavy atom. The third-order valence-electron chi connectivity index (χ3n) is 7.06. The van der Waals surface area contributed by atoms with E-state index in [1.54, 1.807) is 0 Å². The highest BCUT2D eigenvalue weighted by atomic mass is 32.2. The number of aryl methyl sites for hydroxylation is 4. The van der Waals surface area contributed by atoms with Gasteiger partial charge in [0.25, 0.3) is 0 Å². The summed E-state index contributed by atoms with van der Waals surface area (Å²) >= 11 is 1.97. The molecule has 0 bridgehead atoms. The van der Waals surface area contributed by atoms with Gasteiger partial charge in [-0.05, 0) is 84.3 Å². The van der Waals surface area contributed by atoms with Crippen molar-refractivity contribution in [2.75, 3.05) is 10.8 Å². The number of benzene rings is 4. The van der Waals surface area contributed by atoms with Crippen LogP contribution in [0, 0.1) is 27.7 Å². The van der Waals surface area contributed by atoms with Gasteiger partial charge in [0, 0.05) is 21.7 Å². The topological polar surface area (TPSA) is 3.24 Å². The standard InChI is InChI=1S/C31H27NS/c1-19-9-7-10-20(2)28(19)23-15-16-27-26(17-23)24-13-5-6-14-25(24)30-31(33-18-32(27)30)29-21(3)11-8-12-22(29)4/h5-17H,18H2,1-4H3. The van der Waals surface area contributed by atoms with Crippen molar-refractivity contribution < 1.29 is 0 Å². The quantitative estimate of drug-likeness (QED) is 0.304. The molecule has 2 aliphatic heterocycles. The molecule has 0 aromatic heterocycles. The highest BCUT2D eigenvalue weighted by molar-refractivity contribution is 8.09. The predicted molar refractivity (Wildman–Crippen MR) is 144 cm³/mol. The number of hydrogen-bond donors (Lipinski definition) is 0. The number of hydrogen-bond acceptors (Lipinski definition) is 2. The Bertz CT molecular complexity index is 1420. The second-order valence-corrected chi connectivity index (χ2v) is 10.1. The molecule has 4 aromatic carbocycles. The zero-order valence-corrected chi connectivity index (χ0v) is 20.4. The van der Waals surface area contributed by atoms with E-state index in [0.717, 1.165) is 5.88 Å². The lowest BCUT2D eigenvalue weighted by Gasteiger charge is -2.32. The maximum absolute atomic E-state index is 2.53.